The van der Waals surface area contributed by atoms with Crippen LogP contribution in [0.5, 0.6) is 0 Å². The molecule has 6 rings (SSSR count). The topological polar surface area (TPSA) is 138 Å². The van der Waals surface area contributed by atoms with Crippen molar-refractivity contribution >= 4 is 23.1 Å². The molecule has 12 heteroatoms. The molecule has 2 aromatic carbocycles. The number of aliphatic hydroxyl groups excluding tert-OH is 1. The van der Waals surface area contributed by atoms with E-state index in [9.17, 15) is 18.7 Å². The zero-order chi connectivity index (χ0) is 27.7. The fourth-order valence-electron chi connectivity index (χ4n) is 4.37. The molecule has 0 bridgehead atoms. The number of anilines is 3. The van der Waals surface area contributed by atoms with Gasteiger partial charge in [-0.25, -0.2) is 4.98 Å². The van der Waals surface area contributed by atoms with Gasteiger partial charge in [0.1, 0.15) is 5.82 Å². The van der Waals surface area contributed by atoms with Gasteiger partial charge in [0.25, 0.3) is 11.8 Å². The quantitative estimate of drug-likeness (QED) is 0.203. The first-order chi connectivity index (χ1) is 19.4. The minimum atomic E-state index is -3.47. The van der Waals surface area contributed by atoms with Gasteiger partial charge in [0, 0.05) is 35.9 Å². The van der Waals surface area contributed by atoms with Gasteiger partial charge in [0.15, 0.2) is 0 Å². The molecule has 1 aliphatic rings. The molecule has 0 spiro atoms. The number of hydrogen-bond donors (Lipinski definition) is 4. The maximum atomic E-state index is 14.2. The number of hydrogen-bond acceptors (Lipinski definition) is 9. The van der Waals surface area contributed by atoms with Crippen LogP contribution in [0.2, 0.25) is 0 Å². The number of aliphatic hydroxyl groups is 1. The van der Waals surface area contributed by atoms with Crippen LogP contribution in [0, 0.1) is 0 Å². The minimum absolute atomic E-state index is 0.0873. The highest BCUT2D eigenvalue weighted by molar-refractivity contribution is 6.00. The summed E-state index contributed by atoms with van der Waals surface area (Å²) in [6.07, 6.45) is 4.74. The minimum Gasteiger partial charge on any atom is -0.394 e. The van der Waals surface area contributed by atoms with E-state index in [0.717, 1.165) is 5.56 Å². The average Bonchev–Trinajstić information content (AvgIpc) is 3.55. The van der Waals surface area contributed by atoms with E-state index in [0.29, 0.717) is 34.1 Å². The van der Waals surface area contributed by atoms with E-state index in [1.807, 2.05) is 30.3 Å². The first kappa shape index (κ1) is 25.1. The fraction of sp³-hybridized carbons (Fsp3) is 0.107. The third-order valence-electron chi connectivity index (χ3n) is 6.34. The van der Waals surface area contributed by atoms with Gasteiger partial charge in [-0.2, -0.15) is 13.8 Å². The van der Waals surface area contributed by atoms with E-state index in [1.165, 1.54) is 24.4 Å². The number of halogens is 2. The van der Waals surface area contributed by atoms with Crippen molar-refractivity contribution in [3.8, 4) is 22.8 Å². The molecule has 4 heterocycles. The SMILES string of the molecule is O=C1NC(F)(F)c2cc(Nc3cc(N[C@H](CO)c4ccccc4)c(-c4nc(-c5cccnc5)no4)cn3)ccc21. The van der Waals surface area contributed by atoms with Crippen LogP contribution in [-0.4, -0.2) is 37.7 Å². The molecule has 4 N–H and O–H groups in total. The molecule has 1 atom stereocenters. The number of amides is 1. The molecule has 200 valence electrons. The number of carbonyl (C=O) groups excluding carboxylic acids is 1. The van der Waals surface area contributed by atoms with E-state index in [2.05, 4.69) is 30.7 Å². The summed E-state index contributed by atoms with van der Waals surface area (Å²) >= 11 is 0. The summed E-state index contributed by atoms with van der Waals surface area (Å²) in [5, 5.41) is 22.2. The summed E-state index contributed by atoms with van der Waals surface area (Å²) in [4.78, 5) is 24.8. The van der Waals surface area contributed by atoms with Gasteiger partial charge in [0.05, 0.1) is 35.0 Å². The number of nitrogens with zero attached hydrogens (tertiary/aromatic N) is 4. The van der Waals surface area contributed by atoms with Crippen LogP contribution in [0.4, 0.5) is 26.0 Å². The number of carbonyl (C=O) groups is 1. The van der Waals surface area contributed by atoms with Gasteiger partial charge in [-0.1, -0.05) is 35.5 Å². The van der Waals surface area contributed by atoms with Gasteiger partial charge < -0.3 is 20.3 Å². The molecular weight excluding hydrogens is 520 g/mol. The predicted molar refractivity (Wildman–Crippen MR) is 142 cm³/mol. The molecule has 0 unspecified atom stereocenters. The number of alkyl halides is 2. The third-order valence-corrected chi connectivity index (χ3v) is 6.34. The standard InChI is InChI=1S/C28H21F2N7O3/c29-28(30)21-11-18(8-9-19(21)26(39)36-28)33-24-12-22(34-23(15-38)16-5-2-1-3-6-16)20(14-32-24)27-35-25(37-40-27)17-7-4-10-31-13-17/h1-14,23,38H,15H2,(H,36,39)(H2,32,33,34)/t23-/m1/s1. The molecular formula is C28H21F2N7O3. The molecule has 40 heavy (non-hydrogen) atoms. The van der Waals surface area contributed by atoms with Gasteiger partial charge >= 0.3 is 6.05 Å². The van der Waals surface area contributed by atoms with Crippen molar-refractivity contribution in [1.29, 1.82) is 0 Å². The molecule has 10 nitrogen and oxygen atoms in total. The number of rotatable bonds is 8. The fourth-order valence-corrected chi connectivity index (χ4v) is 4.37. The van der Waals surface area contributed by atoms with Crippen LogP contribution in [-0.2, 0) is 6.05 Å². The van der Waals surface area contributed by atoms with Crippen molar-refractivity contribution in [2.24, 2.45) is 0 Å². The number of benzene rings is 2. The number of aromatic nitrogens is 4. The lowest BCUT2D eigenvalue weighted by atomic mass is 10.1. The van der Waals surface area contributed by atoms with Crippen molar-refractivity contribution in [1.82, 2.24) is 25.4 Å². The zero-order valence-electron chi connectivity index (χ0n) is 20.7. The summed E-state index contributed by atoms with van der Waals surface area (Å²) in [7, 11) is 0. The Hall–Kier alpha value is -5.23. The second kappa shape index (κ2) is 10.2. The smallest absolute Gasteiger partial charge is 0.353 e. The third kappa shape index (κ3) is 4.83. The second-order valence-corrected chi connectivity index (χ2v) is 8.98. The number of fused-ring (bicyclic) bond motifs is 1. The molecule has 0 radical (unpaired) electrons. The van der Waals surface area contributed by atoms with Crippen LogP contribution >= 0.6 is 0 Å². The molecule has 1 amide bonds. The van der Waals surface area contributed by atoms with Crippen LogP contribution in [0.1, 0.15) is 27.5 Å². The lowest BCUT2D eigenvalue weighted by Gasteiger charge is -2.20. The van der Waals surface area contributed by atoms with Crippen molar-refractivity contribution in [2.75, 3.05) is 17.2 Å². The Balaban J connectivity index is 1.36. The maximum absolute atomic E-state index is 14.2. The molecule has 0 fully saturated rings. The predicted octanol–water partition coefficient (Wildman–Crippen LogP) is 4.88. The summed E-state index contributed by atoms with van der Waals surface area (Å²) in [6, 6.07) is 14.6. The van der Waals surface area contributed by atoms with Gasteiger partial charge in [-0.15, -0.1) is 0 Å². The highest BCUT2D eigenvalue weighted by Gasteiger charge is 2.44. The monoisotopic (exact) mass is 541 g/mol. The van der Waals surface area contributed by atoms with Crippen molar-refractivity contribution in [2.45, 2.75) is 12.1 Å². The van der Waals surface area contributed by atoms with E-state index in [4.69, 9.17) is 4.52 Å². The van der Waals surface area contributed by atoms with Gasteiger partial charge in [-0.05, 0) is 35.9 Å². The summed E-state index contributed by atoms with van der Waals surface area (Å²) < 4.78 is 34.0. The maximum Gasteiger partial charge on any atom is 0.353 e. The Labute approximate surface area is 226 Å². The van der Waals surface area contributed by atoms with Crippen molar-refractivity contribution < 1.29 is 23.2 Å². The van der Waals surface area contributed by atoms with Gasteiger partial charge in [0.2, 0.25) is 5.82 Å². The van der Waals surface area contributed by atoms with Crippen molar-refractivity contribution in [3.63, 3.8) is 0 Å². The van der Waals surface area contributed by atoms with Crippen LogP contribution in [0.15, 0.2) is 89.8 Å². The molecule has 5 aromatic rings. The van der Waals surface area contributed by atoms with Crippen molar-refractivity contribution in [3.05, 3.63) is 102 Å². The zero-order valence-corrected chi connectivity index (χ0v) is 20.7. The van der Waals surface area contributed by atoms with E-state index in [-0.39, 0.29) is 18.1 Å². The largest absolute Gasteiger partial charge is 0.394 e. The van der Waals surface area contributed by atoms with Crippen LogP contribution < -0.4 is 16.0 Å². The van der Waals surface area contributed by atoms with Gasteiger partial charge in [-0.3, -0.25) is 15.1 Å². The van der Waals surface area contributed by atoms with E-state index >= 15 is 0 Å². The first-order valence-corrected chi connectivity index (χ1v) is 12.2. The lowest BCUT2D eigenvalue weighted by molar-refractivity contribution is -0.0241. The van der Waals surface area contributed by atoms with Crippen LogP contribution in [0.25, 0.3) is 22.8 Å². The van der Waals surface area contributed by atoms with Crippen LogP contribution in [0.3, 0.4) is 0 Å². The Morgan fingerprint density at radius 1 is 1.02 bits per heavy atom. The first-order valence-electron chi connectivity index (χ1n) is 12.2. The molecule has 0 saturated heterocycles. The Kier molecular flexibility index (Phi) is 6.36. The molecule has 3 aromatic heterocycles. The second-order valence-electron chi connectivity index (χ2n) is 8.98. The summed E-state index contributed by atoms with van der Waals surface area (Å²) in [6.45, 7) is -0.222. The highest BCUT2D eigenvalue weighted by atomic mass is 19.3. The lowest BCUT2D eigenvalue weighted by Crippen LogP contribution is -2.29. The average molecular weight is 542 g/mol. The number of nitrogens with one attached hydrogen (secondary N) is 3. The molecule has 1 aliphatic heterocycles. The highest BCUT2D eigenvalue weighted by Crippen LogP contribution is 2.37. The molecule has 0 saturated carbocycles. The Morgan fingerprint density at radius 2 is 1.88 bits per heavy atom. The Morgan fingerprint density at radius 3 is 2.65 bits per heavy atom. The normalized spacial score (nSPS) is 14.3. The summed E-state index contributed by atoms with van der Waals surface area (Å²) in [5.74, 6) is -0.0163. The Bertz CT molecular complexity index is 1680. The van der Waals surface area contributed by atoms with E-state index in [1.54, 1.807) is 35.9 Å². The molecule has 0 aliphatic carbocycles. The summed E-state index contributed by atoms with van der Waals surface area (Å²) in [5.41, 5.74) is 2.24. The number of pyridine rings is 2. The van der Waals surface area contributed by atoms with E-state index < -0.39 is 23.6 Å².